The minimum atomic E-state index is -1.18. The Balaban J connectivity index is 0. The molecule has 0 unspecified atom stereocenters. The first-order valence-electron chi connectivity index (χ1n) is 3.12. The van der Waals surface area contributed by atoms with Crippen LogP contribution in [-0.4, -0.2) is 54.9 Å². The fraction of sp³-hybridized carbons (Fsp3) is 0.833. The number of aliphatic carboxylic acids is 1. The summed E-state index contributed by atoms with van der Waals surface area (Å²) in [6.45, 7) is -0.505. The van der Waals surface area contributed by atoms with Crippen LogP contribution in [0.5, 0.6) is 0 Å². The zero-order valence-electron chi connectivity index (χ0n) is 7.11. The molecule has 5 nitrogen and oxygen atoms in total. The van der Waals surface area contributed by atoms with Gasteiger partial charge in [0.1, 0.15) is 6.04 Å². The van der Waals surface area contributed by atoms with Crippen LogP contribution in [0.2, 0.25) is 0 Å². The molecule has 0 saturated carbocycles. The molecule has 0 spiro atoms. The van der Waals surface area contributed by atoms with Crippen molar-refractivity contribution >= 4 is 5.97 Å². The highest BCUT2D eigenvalue weighted by Crippen LogP contribution is 1.71. The lowest BCUT2D eigenvalue weighted by molar-refractivity contribution is -0.139. The summed E-state index contributed by atoms with van der Waals surface area (Å²) in [6.07, 6.45) is 0. The summed E-state index contributed by atoms with van der Waals surface area (Å²) in [5.41, 5.74) is 4.77. The number of aliphatic hydroxyl groups is 1. The monoisotopic (exact) mass is 164 g/mol. The lowest BCUT2D eigenvalue weighted by atomic mass is 10.3. The van der Waals surface area contributed by atoms with Crippen LogP contribution < -0.4 is 5.73 Å². The molecule has 0 fully saturated rings. The maximum absolute atomic E-state index is 9.65. The lowest BCUT2D eigenvalue weighted by Crippen LogP contribution is -2.33. The topological polar surface area (TPSA) is 86.8 Å². The Bertz CT molecular complexity index is 103. The van der Waals surface area contributed by atoms with E-state index < -0.39 is 18.6 Å². The first kappa shape index (κ1) is 13.0. The van der Waals surface area contributed by atoms with Crippen molar-refractivity contribution < 1.29 is 15.0 Å². The molecule has 0 bridgehead atoms. The summed E-state index contributed by atoms with van der Waals surface area (Å²) in [7, 11) is 6.00. The highest BCUT2D eigenvalue weighted by Gasteiger charge is 2.06. The van der Waals surface area contributed by atoms with E-state index in [1.54, 1.807) is 0 Å². The number of rotatable bonds is 2. The second kappa shape index (κ2) is 7.46. The standard InChI is InChI=1S/C3H7NO3.C3H9N/c4-2(1-5)3(6)7;1-4(2)3/h2,5H,1,4H2,(H,6,7);1-3H3/t2-;/m0./s1. The Morgan fingerprint density at radius 1 is 1.55 bits per heavy atom. The van der Waals surface area contributed by atoms with Gasteiger partial charge in [0.05, 0.1) is 6.61 Å². The number of nitrogens with two attached hydrogens (primary N) is 1. The van der Waals surface area contributed by atoms with E-state index in [1.807, 2.05) is 26.0 Å². The molecule has 0 aromatic heterocycles. The van der Waals surface area contributed by atoms with Crippen molar-refractivity contribution in [1.82, 2.24) is 4.90 Å². The van der Waals surface area contributed by atoms with Crippen molar-refractivity contribution in [2.75, 3.05) is 27.7 Å². The number of aliphatic hydroxyl groups excluding tert-OH is 1. The number of hydrogen-bond donors (Lipinski definition) is 3. The lowest BCUT2D eigenvalue weighted by Gasteiger charge is -1.96. The van der Waals surface area contributed by atoms with E-state index in [0.717, 1.165) is 0 Å². The van der Waals surface area contributed by atoms with Gasteiger partial charge in [-0.2, -0.15) is 0 Å². The Morgan fingerprint density at radius 3 is 1.82 bits per heavy atom. The van der Waals surface area contributed by atoms with Gasteiger partial charge < -0.3 is 20.8 Å². The van der Waals surface area contributed by atoms with Crippen LogP contribution in [0.3, 0.4) is 0 Å². The van der Waals surface area contributed by atoms with E-state index in [2.05, 4.69) is 0 Å². The van der Waals surface area contributed by atoms with Gasteiger partial charge >= 0.3 is 5.97 Å². The van der Waals surface area contributed by atoms with Gasteiger partial charge in [-0.05, 0) is 21.1 Å². The van der Waals surface area contributed by atoms with Crippen LogP contribution in [0.15, 0.2) is 0 Å². The minimum Gasteiger partial charge on any atom is -0.480 e. The second-order valence-corrected chi connectivity index (χ2v) is 2.47. The SMILES string of the molecule is CN(C)C.N[C@@H](CO)C(=O)O. The number of carbonyl (C=O) groups is 1. The first-order chi connectivity index (χ1) is 4.91. The molecule has 5 heteroatoms. The third-order valence-electron chi connectivity index (χ3n) is 0.514. The van der Waals surface area contributed by atoms with Crippen molar-refractivity contribution in [3.8, 4) is 0 Å². The summed E-state index contributed by atoms with van der Waals surface area (Å²) in [5, 5.41) is 15.9. The molecule has 0 heterocycles. The van der Waals surface area contributed by atoms with E-state index in [9.17, 15) is 4.79 Å². The van der Waals surface area contributed by atoms with Crippen molar-refractivity contribution in [3.63, 3.8) is 0 Å². The van der Waals surface area contributed by atoms with Crippen molar-refractivity contribution in [3.05, 3.63) is 0 Å². The van der Waals surface area contributed by atoms with Crippen molar-refractivity contribution in [1.29, 1.82) is 0 Å². The van der Waals surface area contributed by atoms with Gasteiger partial charge in [-0.15, -0.1) is 0 Å². The number of carboxylic acid groups (broad SMARTS) is 1. The molecular formula is C6H16N2O3. The molecule has 0 aromatic carbocycles. The average molecular weight is 164 g/mol. The number of hydrogen-bond acceptors (Lipinski definition) is 4. The molecule has 0 amide bonds. The summed E-state index contributed by atoms with van der Waals surface area (Å²) >= 11 is 0. The summed E-state index contributed by atoms with van der Waals surface area (Å²) in [6, 6.07) is -1.13. The van der Waals surface area contributed by atoms with E-state index in [-0.39, 0.29) is 0 Å². The summed E-state index contributed by atoms with van der Waals surface area (Å²) < 4.78 is 0. The minimum absolute atomic E-state index is 0.505. The third kappa shape index (κ3) is 17.6. The van der Waals surface area contributed by atoms with Gasteiger partial charge in [0, 0.05) is 0 Å². The maximum atomic E-state index is 9.65. The smallest absolute Gasteiger partial charge is 0.322 e. The Labute approximate surface area is 66.4 Å². The quantitative estimate of drug-likeness (QED) is 0.465. The number of carboxylic acids is 1. The average Bonchev–Trinajstić information content (AvgIpc) is 1.85. The predicted molar refractivity (Wildman–Crippen MR) is 42.3 cm³/mol. The van der Waals surface area contributed by atoms with Crippen LogP contribution in [0.25, 0.3) is 0 Å². The molecule has 0 rings (SSSR count). The van der Waals surface area contributed by atoms with Gasteiger partial charge in [0.2, 0.25) is 0 Å². The second-order valence-electron chi connectivity index (χ2n) is 2.47. The van der Waals surface area contributed by atoms with Crippen molar-refractivity contribution in [2.24, 2.45) is 5.73 Å². The Morgan fingerprint density at radius 2 is 1.82 bits per heavy atom. The molecule has 1 atom stereocenters. The third-order valence-corrected chi connectivity index (χ3v) is 0.514. The predicted octanol–water partition coefficient (Wildman–Crippen LogP) is -1.43. The molecule has 0 aliphatic rings. The summed E-state index contributed by atoms with van der Waals surface area (Å²) in [4.78, 5) is 11.6. The molecule has 0 saturated heterocycles. The van der Waals surface area contributed by atoms with Crippen LogP contribution >= 0.6 is 0 Å². The Kier molecular flexibility index (Phi) is 8.80. The normalized spacial score (nSPS) is 11.8. The first-order valence-corrected chi connectivity index (χ1v) is 3.12. The molecule has 11 heavy (non-hydrogen) atoms. The highest BCUT2D eigenvalue weighted by atomic mass is 16.4. The zero-order chi connectivity index (χ0) is 9.44. The van der Waals surface area contributed by atoms with Crippen LogP contribution in [0.4, 0.5) is 0 Å². The number of nitrogens with zero attached hydrogens (tertiary/aromatic N) is 1. The van der Waals surface area contributed by atoms with E-state index in [0.29, 0.717) is 0 Å². The van der Waals surface area contributed by atoms with E-state index in [4.69, 9.17) is 15.9 Å². The van der Waals surface area contributed by atoms with Crippen LogP contribution in [0, 0.1) is 0 Å². The maximum Gasteiger partial charge on any atom is 0.322 e. The molecule has 0 radical (unpaired) electrons. The van der Waals surface area contributed by atoms with Crippen LogP contribution in [0.1, 0.15) is 0 Å². The molecule has 68 valence electrons. The van der Waals surface area contributed by atoms with Gasteiger partial charge in [-0.1, -0.05) is 0 Å². The largest absolute Gasteiger partial charge is 0.480 e. The van der Waals surface area contributed by atoms with E-state index in [1.165, 1.54) is 0 Å². The fourth-order valence-corrected chi connectivity index (χ4v) is 0.0781. The van der Waals surface area contributed by atoms with E-state index >= 15 is 0 Å². The molecule has 4 N–H and O–H groups in total. The summed E-state index contributed by atoms with van der Waals surface area (Å²) in [5.74, 6) is -1.18. The fourth-order valence-electron chi connectivity index (χ4n) is 0.0781. The molecule has 0 aliphatic carbocycles. The zero-order valence-corrected chi connectivity index (χ0v) is 7.11. The Hall–Kier alpha value is -0.650. The molecule has 0 aliphatic heterocycles. The molecular weight excluding hydrogens is 148 g/mol. The van der Waals surface area contributed by atoms with Crippen molar-refractivity contribution in [2.45, 2.75) is 6.04 Å². The van der Waals surface area contributed by atoms with Gasteiger partial charge in [-0.3, -0.25) is 4.79 Å². The van der Waals surface area contributed by atoms with Gasteiger partial charge in [-0.25, -0.2) is 0 Å². The molecule has 0 aromatic rings. The highest BCUT2D eigenvalue weighted by molar-refractivity contribution is 5.73. The van der Waals surface area contributed by atoms with Gasteiger partial charge in [0.25, 0.3) is 0 Å². The van der Waals surface area contributed by atoms with Crippen LogP contribution in [-0.2, 0) is 4.79 Å². The van der Waals surface area contributed by atoms with Gasteiger partial charge in [0.15, 0.2) is 0 Å².